The third-order valence-electron chi connectivity index (χ3n) is 3.75. The molecule has 15 heteroatoms. The molecule has 0 spiro atoms. The number of rotatable bonds is 5. The molecular weight excluding hydrogens is 406 g/mol. The number of quaternary nitrogens is 1. The first kappa shape index (κ1) is 22.0. The molecule has 1 aliphatic heterocycles. The monoisotopic (exact) mass is 422 g/mol. The van der Waals surface area contributed by atoms with Crippen molar-refractivity contribution in [3.05, 3.63) is 0 Å². The van der Waals surface area contributed by atoms with Crippen molar-refractivity contribution in [3.8, 4) is 0 Å². The molecule has 148 valence electrons. The molecule has 0 aromatic carbocycles. The van der Waals surface area contributed by atoms with Gasteiger partial charge in [-0.1, -0.05) is 0 Å². The minimum absolute atomic E-state index is 0.149. The van der Waals surface area contributed by atoms with Crippen LogP contribution in [0.25, 0.3) is 0 Å². The van der Waals surface area contributed by atoms with E-state index in [1.807, 2.05) is 0 Å². The van der Waals surface area contributed by atoms with Gasteiger partial charge in [-0.2, -0.15) is 43.2 Å². The van der Waals surface area contributed by atoms with Crippen molar-refractivity contribution in [2.24, 2.45) is 0 Å². The van der Waals surface area contributed by atoms with Crippen LogP contribution in [0.3, 0.4) is 0 Å². The molecule has 0 atom stereocenters. The molecule has 0 unspecified atom stereocenters. The molecule has 0 bridgehead atoms. The van der Waals surface area contributed by atoms with Gasteiger partial charge in [-0.15, -0.1) is 0 Å². The first-order chi connectivity index (χ1) is 11.0. The van der Waals surface area contributed by atoms with Crippen molar-refractivity contribution in [1.82, 2.24) is 0 Å². The highest BCUT2D eigenvalue weighted by Crippen LogP contribution is 2.32. The normalized spacial score (nSPS) is 19.0. The van der Waals surface area contributed by atoms with Crippen LogP contribution in [0.4, 0.5) is 26.3 Å². The molecule has 0 amide bonds. The number of sulfonamides is 2. The Bertz CT molecular complexity index is 702. The van der Waals surface area contributed by atoms with Crippen LogP contribution in [0.15, 0.2) is 0 Å². The van der Waals surface area contributed by atoms with Gasteiger partial charge in [-0.25, -0.2) is 0 Å². The van der Waals surface area contributed by atoms with Gasteiger partial charge in [-0.3, -0.25) is 0 Å². The van der Waals surface area contributed by atoms with Gasteiger partial charge >= 0.3 is 37.0 Å². The van der Waals surface area contributed by atoms with E-state index >= 15 is 0 Å². The zero-order valence-electron chi connectivity index (χ0n) is 12.8. The lowest BCUT2D eigenvalue weighted by Gasteiger charge is -2.28. The summed E-state index contributed by atoms with van der Waals surface area (Å²) in [6, 6.07) is 0. The second-order valence-corrected chi connectivity index (χ2v) is 9.55. The molecule has 1 saturated heterocycles. The van der Waals surface area contributed by atoms with E-state index in [1.165, 1.54) is 0 Å². The highest BCUT2D eigenvalue weighted by Gasteiger charge is 2.68. The largest absolute Gasteiger partial charge is 0.561 e. The Kier molecular flexibility index (Phi) is 5.77. The maximum Gasteiger partial charge on any atom is 0.561 e. The molecule has 1 heterocycles. The second-order valence-electron chi connectivity index (χ2n) is 5.76. The second kappa shape index (κ2) is 6.57. The first-order valence-electron chi connectivity index (χ1n) is 6.77. The number of aliphatic hydroxyl groups is 1. The average molecular weight is 422 g/mol. The lowest BCUT2D eigenvalue weighted by Crippen LogP contribution is -2.48. The van der Waals surface area contributed by atoms with Crippen LogP contribution in [0.5, 0.6) is 0 Å². The highest BCUT2D eigenvalue weighted by atomic mass is 32.3. The summed E-state index contributed by atoms with van der Waals surface area (Å²) in [7, 11) is -12.4. The SMILES string of the molecule is C[N+]1(CCC(O)=[N+](S(=O)(=O)C(F)(F)F)S(=O)(=O)C(F)(F)F)CCCC1. The van der Waals surface area contributed by atoms with Gasteiger partial charge in [0.15, 0.2) is 0 Å². The molecule has 7 nitrogen and oxygen atoms in total. The van der Waals surface area contributed by atoms with E-state index in [0.717, 1.165) is 12.8 Å². The summed E-state index contributed by atoms with van der Waals surface area (Å²) in [5, 5.41) is 9.56. The molecule has 1 N–H and O–H groups in total. The van der Waals surface area contributed by atoms with Crippen molar-refractivity contribution in [3.63, 3.8) is 0 Å². The summed E-state index contributed by atoms with van der Waals surface area (Å²) in [6.45, 7) is 0.778. The number of hydrogen-bond acceptors (Lipinski definition) is 4. The van der Waals surface area contributed by atoms with Crippen molar-refractivity contribution in [2.75, 3.05) is 26.7 Å². The molecular formula is C10H16F6N2O5S2+2. The van der Waals surface area contributed by atoms with E-state index in [4.69, 9.17) is 0 Å². The fourth-order valence-corrected chi connectivity index (χ4v) is 5.03. The lowest BCUT2D eigenvalue weighted by atomic mass is 10.3. The molecule has 0 radical (unpaired) electrons. The van der Waals surface area contributed by atoms with E-state index in [2.05, 4.69) is 0 Å². The van der Waals surface area contributed by atoms with Gasteiger partial charge in [0.25, 0.3) is 0 Å². The van der Waals surface area contributed by atoms with Crippen LogP contribution in [-0.4, -0.2) is 73.4 Å². The fraction of sp³-hybridized carbons (Fsp3) is 0.900. The summed E-state index contributed by atoms with van der Waals surface area (Å²) < 4.78 is 119. The fourth-order valence-electron chi connectivity index (χ4n) is 2.38. The Labute approximate surface area is 139 Å². The van der Waals surface area contributed by atoms with Gasteiger partial charge in [-0.05, 0) is 0 Å². The predicted octanol–water partition coefficient (Wildman–Crippen LogP) is 1.29. The van der Waals surface area contributed by atoms with Crippen molar-refractivity contribution < 1.29 is 56.2 Å². The van der Waals surface area contributed by atoms with E-state index in [9.17, 15) is 48.3 Å². The number of halogens is 6. The number of nitrogens with zero attached hydrogens (tertiary/aromatic N) is 2. The number of aliphatic hydroxyl groups excluding tert-OH is 1. The van der Waals surface area contributed by atoms with Gasteiger partial charge in [0.1, 0.15) is 6.42 Å². The van der Waals surface area contributed by atoms with Gasteiger partial charge in [0.2, 0.25) is 0 Å². The van der Waals surface area contributed by atoms with E-state index < -0.39 is 46.8 Å². The minimum atomic E-state index is -7.01. The smallest absolute Gasteiger partial charge is 0.461 e. The lowest BCUT2D eigenvalue weighted by molar-refractivity contribution is -0.897. The Morgan fingerprint density at radius 3 is 1.64 bits per heavy atom. The quantitative estimate of drug-likeness (QED) is 0.237. The Balaban J connectivity index is 3.46. The number of likely N-dealkylation sites (tertiary alicyclic amines) is 1. The average Bonchev–Trinajstić information content (AvgIpc) is 2.81. The maximum atomic E-state index is 12.6. The van der Waals surface area contributed by atoms with E-state index in [-0.39, 0.29) is 11.0 Å². The van der Waals surface area contributed by atoms with Crippen LogP contribution in [-0.2, 0) is 20.0 Å². The van der Waals surface area contributed by atoms with Crippen molar-refractivity contribution >= 4 is 25.9 Å². The van der Waals surface area contributed by atoms with Crippen LogP contribution in [0, 0.1) is 0 Å². The molecule has 1 rings (SSSR count). The third-order valence-corrected chi connectivity index (χ3v) is 7.40. The van der Waals surface area contributed by atoms with Crippen LogP contribution < -0.4 is 0 Å². The summed E-state index contributed by atoms with van der Waals surface area (Å²) in [6.07, 6.45) is 0.451. The van der Waals surface area contributed by atoms with Crippen LogP contribution in [0.2, 0.25) is 0 Å². The van der Waals surface area contributed by atoms with Gasteiger partial charge < -0.3 is 9.59 Å². The summed E-state index contributed by atoms with van der Waals surface area (Å²) in [5.41, 5.74) is -12.7. The Morgan fingerprint density at radius 1 is 0.960 bits per heavy atom. The molecule has 1 aliphatic rings. The van der Waals surface area contributed by atoms with Crippen molar-refractivity contribution in [1.29, 1.82) is 0 Å². The number of hydrogen-bond donors (Lipinski definition) is 1. The maximum absolute atomic E-state index is 12.6. The first-order valence-corrected chi connectivity index (χ1v) is 9.65. The van der Waals surface area contributed by atoms with Gasteiger partial charge in [0, 0.05) is 16.2 Å². The topological polar surface area (TPSA) is 91.5 Å². The van der Waals surface area contributed by atoms with Crippen molar-refractivity contribution in [2.45, 2.75) is 30.3 Å². The zero-order valence-corrected chi connectivity index (χ0v) is 14.4. The van der Waals surface area contributed by atoms with Crippen LogP contribution in [0.1, 0.15) is 19.3 Å². The standard InChI is InChI=1S/C10H15F6N2O5S2/c1-18(5-2-3-6-18)7-4-8(19)17(24(20,21)9(11,12)13)25(22,23)10(14,15)16/h2-7H2,1H3/q+1/p+1. The highest BCUT2D eigenvalue weighted by molar-refractivity contribution is 7.98. The predicted molar refractivity (Wildman–Crippen MR) is 72.5 cm³/mol. The minimum Gasteiger partial charge on any atom is -0.461 e. The number of alkyl halides is 6. The molecule has 0 aromatic rings. The third kappa shape index (κ3) is 4.36. The molecule has 0 aromatic heterocycles. The van der Waals surface area contributed by atoms with E-state index in [0.29, 0.717) is 13.1 Å². The molecule has 0 aliphatic carbocycles. The zero-order chi connectivity index (χ0) is 19.9. The molecule has 1 fully saturated rings. The molecule has 0 saturated carbocycles. The Morgan fingerprint density at radius 2 is 1.32 bits per heavy atom. The van der Waals surface area contributed by atoms with E-state index in [1.54, 1.807) is 7.05 Å². The summed E-state index contributed by atoms with van der Waals surface area (Å²) in [4.78, 5) is 0. The molecule has 25 heavy (non-hydrogen) atoms. The van der Waals surface area contributed by atoms with Gasteiger partial charge in [0.05, 0.1) is 26.7 Å². The summed E-state index contributed by atoms with van der Waals surface area (Å²) >= 11 is 0. The van der Waals surface area contributed by atoms with Crippen LogP contribution >= 0.6 is 0 Å². The Hall–Kier alpha value is -1.09. The summed E-state index contributed by atoms with van der Waals surface area (Å²) in [5.74, 6) is -2.05.